The number of benzene rings is 2. The predicted octanol–water partition coefficient (Wildman–Crippen LogP) is 4.11. The molecule has 1 amide bonds. The Morgan fingerprint density at radius 1 is 0.967 bits per heavy atom. The maximum Gasteiger partial charge on any atom is 0.256 e. The first kappa shape index (κ1) is 21.2. The van der Waals surface area contributed by atoms with Gasteiger partial charge in [0, 0.05) is 49.8 Å². The SMILES string of the molecule is CCn1cc(C(=O)N2CCN(S(=O)(=O)c3c(Cl)cccc3Cl)CC2)c2ccccc21. The molecular formula is C21H21Cl2N3O3S. The minimum absolute atomic E-state index is 0.0841. The maximum absolute atomic E-state index is 13.2. The van der Waals surface area contributed by atoms with E-state index in [0.717, 1.165) is 17.4 Å². The number of piperazine rings is 1. The minimum atomic E-state index is -3.84. The largest absolute Gasteiger partial charge is 0.347 e. The van der Waals surface area contributed by atoms with Crippen molar-refractivity contribution in [3.8, 4) is 0 Å². The van der Waals surface area contributed by atoms with Crippen molar-refractivity contribution in [3.05, 3.63) is 64.3 Å². The molecule has 0 spiro atoms. The first-order chi connectivity index (χ1) is 14.3. The number of sulfonamides is 1. The van der Waals surface area contributed by atoms with E-state index in [4.69, 9.17) is 23.2 Å². The van der Waals surface area contributed by atoms with E-state index in [9.17, 15) is 13.2 Å². The highest BCUT2D eigenvalue weighted by molar-refractivity contribution is 7.89. The van der Waals surface area contributed by atoms with Gasteiger partial charge in [-0.15, -0.1) is 0 Å². The normalized spacial score (nSPS) is 15.6. The molecule has 0 radical (unpaired) electrons. The molecule has 1 saturated heterocycles. The Kier molecular flexibility index (Phi) is 5.81. The van der Waals surface area contributed by atoms with Gasteiger partial charge in [-0.25, -0.2) is 8.42 Å². The summed E-state index contributed by atoms with van der Waals surface area (Å²) in [7, 11) is -3.84. The summed E-state index contributed by atoms with van der Waals surface area (Å²) in [6, 6.07) is 12.4. The number of amides is 1. The molecule has 3 aromatic rings. The first-order valence-electron chi connectivity index (χ1n) is 9.66. The predicted molar refractivity (Wildman–Crippen MR) is 119 cm³/mol. The zero-order chi connectivity index (χ0) is 21.5. The first-order valence-corrected chi connectivity index (χ1v) is 11.9. The molecule has 0 saturated carbocycles. The van der Waals surface area contributed by atoms with Gasteiger partial charge in [0.2, 0.25) is 10.0 Å². The molecule has 1 aromatic heterocycles. The number of hydrogen-bond acceptors (Lipinski definition) is 3. The monoisotopic (exact) mass is 465 g/mol. The lowest BCUT2D eigenvalue weighted by atomic mass is 10.1. The van der Waals surface area contributed by atoms with Crippen LogP contribution in [0.5, 0.6) is 0 Å². The van der Waals surface area contributed by atoms with Gasteiger partial charge in [-0.2, -0.15) is 4.31 Å². The molecular weight excluding hydrogens is 445 g/mol. The molecule has 1 aliphatic heterocycles. The van der Waals surface area contributed by atoms with Gasteiger partial charge in [0.1, 0.15) is 4.90 Å². The van der Waals surface area contributed by atoms with Crippen LogP contribution in [0.1, 0.15) is 17.3 Å². The molecule has 1 aliphatic rings. The number of carbonyl (C=O) groups is 1. The Morgan fingerprint density at radius 2 is 1.60 bits per heavy atom. The third-order valence-electron chi connectivity index (χ3n) is 5.40. The summed E-state index contributed by atoms with van der Waals surface area (Å²) in [6.07, 6.45) is 1.87. The second-order valence-corrected chi connectivity index (χ2v) is 9.78. The summed E-state index contributed by atoms with van der Waals surface area (Å²) < 4.78 is 29.5. The third-order valence-corrected chi connectivity index (χ3v) is 8.26. The van der Waals surface area contributed by atoms with Crippen LogP contribution < -0.4 is 0 Å². The summed E-state index contributed by atoms with van der Waals surface area (Å²) in [4.78, 5) is 14.8. The van der Waals surface area contributed by atoms with E-state index in [1.807, 2.05) is 42.0 Å². The van der Waals surface area contributed by atoms with Crippen LogP contribution in [-0.2, 0) is 16.6 Å². The molecule has 6 nitrogen and oxygen atoms in total. The lowest BCUT2D eigenvalue weighted by Crippen LogP contribution is -2.50. The number of rotatable bonds is 4. The highest BCUT2D eigenvalue weighted by Crippen LogP contribution is 2.32. The third kappa shape index (κ3) is 3.60. The smallest absolute Gasteiger partial charge is 0.256 e. The van der Waals surface area contributed by atoms with Gasteiger partial charge in [-0.3, -0.25) is 4.79 Å². The lowest BCUT2D eigenvalue weighted by molar-refractivity contribution is 0.0699. The Labute approximate surface area is 185 Å². The molecule has 30 heavy (non-hydrogen) atoms. The fourth-order valence-corrected chi connectivity index (χ4v) is 6.35. The van der Waals surface area contributed by atoms with Gasteiger partial charge >= 0.3 is 0 Å². The van der Waals surface area contributed by atoms with Crippen molar-refractivity contribution >= 4 is 50.0 Å². The molecule has 0 N–H and O–H groups in total. The fourth-order valence-electron chi connectivity index (χ4n) is 3.84. The van der Waals surface area contributed by atoms with Crippen LogP contribution in [0.15, 0.2) is 53.6 Å². The Morgan fingerprint density at radius 3 is 2.23 bits per heavy atom. The molecule has 0 bridgehead atoms. The zero-order valence-electron chi connectivity index (χ0n) is 16.4. The van der Waals surface area contributed by atoms with Crippen molar-refractivity contribution in [1.29, 1.82) is 0 Å². The van der Waals surface area contributed by atoms with E-state index in [1.165, 1.54) is 16.4 Å². The van der Waals surface area contributed by atoms with Gasteiger partial charge in [0.15, 0.2) is 0 Å². The van der Waals surface area contributed by atoms with Crippen molar-refractivity contribution < 1.29 is 13.2 Å². The van der Waals surface area contributed by atoms with Crippen LogP contribution in [0, 0.1) is 0 Å². The standard InChI is InChI=1S/C21H21Cl2N3O3S/c1-2-24-14-16(15-6-3-4-9-19(15)24)21(27)25-10-12-26(13-11-25)30(28,29)20-17(22)7-5-8-18(20)23/h3-9,14H,2,10-13H2,1H3. The van der Waals surface area contributed by atoms with Crippen LogP contribution >= 0.6 is 23.2 Å². The summed E-state index contributed by atoms with van der Waals surface area (Å²) in [5.74, 6) is -0.0915. The Hall–Kier alpha value is -2.06. The van der Waals surface area contributed by atoms with E-state index in [0.29, 0.717) is 18.7 Å². The van der Waals surface area contributed by atoms with Crippen LogP contribution in [0.3, 0.4) is 0 Å². The van der Waals surface area contributed by atoms with Crippen LogP contribution in [0.4, 0.5) is 0 Å². The van der Waals surface area contributed by atoms with Crippen LogP contribution in [0.25, 0.3) is 10.9 Å². The highest BCUT2D eigenvalue weighted by Gasteiger charge is 2.33. The number of aryl methyl sites for hydroxylation is 1. The van der Waals surface area contributed by atoms with Crippen molar-refractivity contribution in [2.75, 3.05) is 26.2 Å². The lowest BCUT2D eigenvalue weighted by Gasteiger charge is -2.34. The Balaban J connectivity index is 1.55. The molecule has 0 atom stereocenters. The number of nitrogens with zero attached hydrogens (tertiary/aromatic N) is 3. The minimum Gasteiger partial charge on any atom is -0.347 e. The van der Waals surface area contributed by atoms with Crippen LogP contribution in [0.2, 0.25) is 10.0 Å². The highest BCUT2D eigenvalue weighted by atomic mass is 35.5. The second-order valence-electron chi connectivity index (χ2n) is 7.09. The van der Waals surface area contributed by atoms with Crippen molar-refractivity contribution in [2.24, 2.45) is 0 Å². The number of para-hydroxylation sites is 1. The summed E-state index contributed by atoms with van der Waals surface area (Å²) in [6.45, 7) is 3.75. The summed E-state index contributed by atoms with van der Waals surface area (Å²) in [5.41, 5.74) is 1.65. The average Bonchev–Trinajstić information content (AvgIpc) is 3.12. The van der Waals surface area contributed by atoms with Crippen molar-refractivity contribution in [3.63, 3.8) is 0 Å². The van der Waals surface area contributed by atoms with Gasteiger partial charge < -0.3 is 9.47 Å². The zero-order valence-corrected chi connectivity index (χ0v) is 18.7. The fraction of sp³-hybridized carbons (Fsp3) is 0.286. The van der Waals surface area contributed by atoms with E-state index < -0.39 is 10.0 Å². The van der Waals surface area contributed by atoms with E-state index >= 15 is 0 Å². The number of carbonyl (C=O) groups excluding carboxylic acids is 1. The topological polar surface area (TPSA) is 62.6 Å². The van der Waals surface area contributed by atoms with Crippen molar-refractivity contribution in [1.82, 2.24) is 13.8 Å². The van der Waals surface area contributed by atoms with E-state index in [2.05, 4.69) is 0 Å². The van der Waals surface area contributed by atoms with Gasteiger partial charge in [0.05, 0.1) is 15.6 Å². The van der Waals surface area contributed by atoms with Gasteiger partial charge in [-0.1, -0.05) is 47.5 Å². The van der Waals surface area contributed by atoms with Gasteiger partial charge in [-0.05, 0) is 25.1 Å². The number of hydrogen-bond donors (Lipinski definition) is 0. The molecule has 158 valence electrons. The second kappa shape index (κ2) is 8.23. The molecule has 0 unspecified atom stereocenters. The van der Waals surface area contributed by atoms with Crippen LogP contribution in [-0.4, -0.2) is 54.3 Å². The summed E-state index contributed by atoms with van der Waals surface area (Å²) >= 11 is 12.2. The van der Waals surface area contributed by atoms with Crippen molar-refractivity contribution in [2.45, 2.75) is 18.4 Å². The van der Waals surface area contributed by atoms with E-state index in [-0.39, 0.29) is 33.9 Å². The number of halogens is 2. The molecule has 2 heterocycles. The van der Waals surface area contributed by atoms with E-state index in [1.54, 1.807) is 11.0 Å². The van der Waals surface area contributed by atoms with Gasteiger partial charge in [0.25, 0.3) is 5.91 Å². The maximum atomic E-state index is 13.2. The molecule has 1 fully saturated rings. The molecule has 4 rings (SSSR count). The average molecular weight is 466 g/mol. The Bertz CT molecular complexity index is 1200. The number of aromatic nitrogens is 1. The number of fused-ring (bicyclic) bond motifs is 1. The summed E-state index contributed by atoms with van der Waals surface area (Å²) in [5, 5.41) is 1.09. The quantitative estimate of drug-likeness (QED) is 0.582. The molecule has 0 aliphatic carbocycles. The molecule has 2 aromatic carbocycles. The molecule has 9 heteroatoms.